The van der Waals surface area contributed by atoms with E-state index in [1.54, 1.807) is 6.21 Å². The molecular weight excluding hydrogens is 429 g/mol. The van der Waals surface area contributed by atoms with E-state index in [4.69, 9.17) is 9.47 Å². The molecule has 1 aliphatic heterocycles. The highest BCUT2D eigenvalue weighted by Crippen LogP contribution is 2.34. The molecule has 0 aliphatic carbocycles. The third-order valence-electron chi connectivity index (χ3n) is 2.72. The highest BCUT2D eigenvalue weighted by atomic mass is 127. The molecule has 1 N–H and O–H groups in total. The van der Waals surface area contributed by atoms with Gasteiger partial charge in [0.15, 0.2) is 16.7 Å². The molecule has 23 heavy (non-hydrogen) atoms. The van der Waals surface area contributed by atoms with Crippen LogP contribution in [0.5, 0.6) is 11.5 Å². The average molecular weight is 447 g/mol. The topological polar surface area (TPSA) is 72.3 Å². The highest BCUT2D eigenvalue weighted by molar-refractivity contribution is 14.1. The van der Waals surface area contributed by atoms with Crippen molar-refractivity contribution >= 4 is 51.6 Å². The van der Waals surface area contributed by atoms with Crippen LogP contribution in [-0.2, 0) is 4.79 Å². The smallest absolute Gasteiger partial charge is 0.236 e. The van der Waals surface area contributed by atoms with Gasteiger partial charge in [-0.15, -0.1) is 5.10 Å². The Kier molecular flexibility index (Phi) is 7.15. The largest absolute Gasteiger partial charge is 0.490 e. The Morgan fingerprint density at radius 2 is 2.22 bits per heavy atom. The first-order valence-electron chi connectivity index (χ1n) is 7.26. The molecular formula is C15H18IN3O3S. The van der Waals surface area contributed by atoms with E-state index >= 15 is 0 Å². The van der Waals surface area contributed by atoms with E-state index in [9.17, 15) is 4.79 Å². The van der Waals surface area contributed by atoms with Crippen molar-refractivity contribution < 1.29 is 14.3 Å². The van der Waals surface area contributed by atoms with Gasteiger partial charge < -0.3 is 14.8 Å². The van der Waals surface area contributed by atoms with Gasteiger partial charge in [0.1, 0.15) is 0 Å². The first-order chi connectivity index (χ1) is 11.1. The van der Waals surface area contributed by atoms with Crippen molar-refractivity contribution in [2.45, 2.75) is 20.3 Å². The summed E-state index contributed by atoms with van der Waals surface area (Å²) in [5.74, 6) is 1.81. The normalized spacial score (nSPS) is 16.1. The molecule has 2 rings (SSSR count). The van der Waals surface area contributed by atoms with Crippen molar-refractivity contribution in [3.05, 3.63) is 21.3 Å². The third-order valence-corrected chi connectivity index (χ3v) is 4.39. The lowest BCUT2D eigenvalue weighted by atomic mass is 10.2. The third kappa shape index (κ3) is 5.38. The Morgan fingerprint density at radius 1 is 1.39 bits per heavy atom. The lowest BCUT2D eigenvalue weighted by molar-refractivity contribution is -0.116. The van der Waals surface area contributed by atoms with Crippen LogP contribution >= 0.6 is 34.4 Å². The number of amides is 1. The van der Waals surface area contributed by atoms with Crippen molar-refractivity contribution in [2.75, 3.05) is 19.0 Å². The first kappa shape index (κ1) is 18.1. The number of nitrogens with one attached hydrogen (secondary N) is 1. The molecule has 1 heterocycles. The molecule has 6 nitrogen and oxygen atoms in total. The minimum absolute atomic E-state index is 0.0467. The Labute approximate surface area is 153 Å². The monoisotopic (exact) mass is 447 g/mol. The molecule has 124 valence electrons. The number of halogens is 1. The van der Waals surface area contributed by atoms with Crippen LogP contribution < -0.4 is 14.8 Å². The number of ether oxygens (including phenoxy) is 2. The number of carbonyl (C=O) groups is 1. The summed E-state index contributed by atoms with van der Waals surface area (Å²) in [6, 6.07) is 3.83. The molecule has 0 spiro atoms. The maximum atomic E-state index is 11.1. The Hall–Kier alpha value is -1.29. The van der Waals surface area contributed by atoms with E-state index in [0.29, 0.717) is 29.9 Å². The zero-order valence-electron chi connectivity index (χ0n) is 13.0. The van der Waals surface area contributed by atoms with Crippen LogP contribution in [0.1, 0.15) is 25.8 Å². The predicted octanol–water partition coefficient (Wildman–Crippen LogP) is 3.03. The van der Waals surface area contributed by atoms with Gasteiger partial charge in [-0.1, -0.05) is 18.7 Å². The number of hydrogen-bond acceptors (Lipinski definition) is 6. The van der Waals surface area contributed by atoms with Crippen LogP contribution in [0.15, 0.2) is 22.3 Å². The van der Waals surface area contributed by atoms with Crippen molar-refractivity contribution in [1.29, 1.82) is 0 Å². The fourth-order valence-electron chi connectivity index (χ4n) is 1.80. The van der Waals surface area contributed by atoms with Crippen LogP contribution in [0.25, 0.3) is 0 Å². The highest BCUT2D eigenvalue weighted by Gasteiger charge is 2.16. The Morgan fingerprint density at radius 3 is 2.87 bits per heavy atom. The van der Waals surface area contributed by atoms with Gasteiger partial charge in [0, 0.05) is 0 Å². The van der Waals surface area contributed by atoms with Gasteiger partial charge in [-0.25, -0.2) is 0 Å². The number of amidine groups is 1. The van der Waals surface area contributed by atoms with Crippen molar-refractivity contribution in [2.24, 2.45) is 10.2 Å². The van der Waals surface area contributed by atoms with Gasteiger partial charge >= 0.3 is 0 Å². The molecule has 1 saturated heterocycles. The molecule has 1 fully saturated rings. The summed E-state index contributed by atoms with van der Waals surface area (Å²) in [6.07, 6.45) is 2.57. The van der Waals surface area contributed by atoms with Gasteiger partial charge in [-0.05, 0) is 53.6 Å². The van der Waals surface area contributed by atoms with Gasteiger partial charge in [-0.3, -0.25) is 4.79 Å². The van der Waals surface area contributed by atoms with E-state index in [1.165, 1.54) is 11.8 Å². The molecule has 0 atom stereocenters. The summed E-state index contributed by atoms with van der Waals surface area (Å²) in [6.45, 7) is 5.20. The summed E-state index contributed by atoms with van der Waals surface area (Å²) < 4.78 is 12.4. The molecule has 1 amide bonds. The van der Waals surface area contributed by atoms with Crippen molar-refractivity contribution in [1.82, 2.24) is 5.32 Å². The molecule has 1 aliphatic rings. The second-order valence-corrected chi connectivity index (χ2v) is 6.72. The standard InChI is InChI=1S/C15H18IN3O3S/c1-3-5-22-14-11(16)6-10(7-12(14)21-4-2)8-17-19-15-18-13(20)9-23-15/h6-8H,3-5,9H2,1-2H3,(H,18,19,20). The Balaban J connectivity index is 2.17. The van der Waals surface area contributed by atoms with E-state index in [0.717, 1.165) is 21.3 Å². The summed E-state index contributed by atoms with van der Waals surface area (Å²) in [5, 5.41) is 11.2. The van der Waals surface area contributed by atoms with Crippen LogP contribution in [0.4, 0.5) is 0 Å². The van der Waals surface area contributed by atoms with Crippen LogP contribution in [0.2, 0.25) is 0 Å². The quantitative estimate of drug-likeness (QED) is 0.396. The molecule has 1 aromatic rings. The zero-order chi connectivity index (χ0) is 16.7. The molecule has 0 saturated carbocycles. The fourth-order valence-corrected chi connectivity index (χ4v) is 3.21. The van der Waals surface area contributed by atoms with Crippen LogP contribution in [0.3, 0.4) is 0 Å². The molecule has 8 heteroatoms. The van der Waals surface area contributed by atoms with Crippen LogP contribution in [0, 0.1) is 3.57 Å². The minimum atomic E-state index is -0.0467. The first-order valence-corrected chi connectivity index (χ1v) is 9.33. The average Bonchev–Trinajstić information content (AvgIpc) is 2.92. The van der Waals surface area contributed by atoms with Gasteiger partial charge in [0.05, 0.1) is 28.8 Å². The predicted molar refractivity (Wildman–Crippen MR) is 102 cm³/mol. The summed E-state index contributed by atoms with van der Waals surface area (Å²) in [7, 11) is 0. The second kappa shape index (κ2) is 9.11. The van der Waals surface area contributed by atoms with E-state index in [-0.39, 0.29) is 5.91 Å². The molecule has 0 aromatic heterocycles. The van der Waals surface area contributed by atoms with Crippen molar-refractivity contribution in [3.8, 4) is 11.5 Å². The van der Waals surface area contributed by atoms with Gasteiger partial charge in [0.2, 0.25) is 5.91 Å². The maximum absolute atomic E-state index is 11.1. The molecule has 1 aromatic carbocycles. The zero-order valence-corrected chi connectivity index (χ0v) is 15.9. The van der Waals surface area contributed by atoms with E-state index in [2.05, 4.69) is 45.0 Å². The molecule has 0 unspecified atom stereocenters. The second-order valence-electron chi connectivity index (χ2n) is 4.60. The van der Waals surface area contributed by atoms with E-state index < -0.39 is 0 Å². The van der Waals surface area contributed by atoms with E-state index in [1.807, 2.05) is 19.1 Å². The summed E-state index contributed by atoms with van der Waals surface area (Å²) in [4.78, 5) is 11.1. The molecule has 0 radical (unpaired) electrons. The van der Waals surface area contributed by atoms with Gasteiger partial charge in [-0.2, -0.15) is 5.10 Å². The number of carbonyl (C=O) groups excluding carboxylic acids is 1. The SMILES string of the molecule is CCCOc1c(I)cc(C=NN=C2NC(=O)CS2)cc1OCC. The lowest BCUT2D eigenvalue weighted by Gasteiger charge is -2.14. The number of rotatable bonds is 7. The molecule has 0 bridgehead atoms. The van der Waals surface area contributed by atoms with Crippen molar-refractivity contribution in [3.63, 3.8) is 0 Å². The number of benzene rings is 1. The lowest BCUT2D eigenvalue weighted by Crippen LogP contribution is -2.19. The minimum Gasteiger partial charge on any atom is -0.490 e. The maximum Gasteiger partial charge on any atom is 0.236 e. The van der Waals surface area contributed by atoms with Crippen LogP contribution in [-0.4, -0.2) is 36.3 Å². The summed E-state index contributed by atoms with van der Waals surface area (Å²) >= 11 is 3.56. The Bertz CT molecular complexity index is 635. The van der Waals surface area contributed by atoms with Gasteiger partial charge in [0.25, 0.3) is 0 Å². The number of thioether (sulfide) groups is 1. The number of hydrogen-bond donors (Lipinski definition) is 1. The summed E-state index contributed by atoms with van der Waals surface area (Å²) in [5.41, 5.74) is 0.861. The number of nitrogens with zero attached hydrogens (tertiary/aromatic N) is 2. The fraction of sp³-hybridized carbons (Fsp3) is 0.400.